The Kier molecular flexibility index (Phi) is 4.15. The summed E-state index contributed by atoms with van der Waals surface area (Å²) in [5, 5.41) is 9.01. The molecule has 0 bridgehead atoms. The average molecular weight is 283 g/mol. The van der Waals surface area contributed by atoms with E-state index >= 15 is 0 Å². The van der Waals surface area contributed by atoms with Crippen LogP contribution in [0.2, 0.25) is 0 Å². The molecular weight excluding hydrogens is 268 g/mol. The van der Waals surface area contributed by atoms with Crippen LogP contribution in [0.4, 0.5) is 0 Å². The van der Waals surface area contributed by atoms with Gasteiger partial charge in [0.15, 0.2) is 15.6 Å². The monoisotopic (exact) mass is 283 g/mol. The molecule has 0 saturated carbocycles. The Morgan fingerprint density at radius 2 is 1.63 bits per heavy atom. The number of carboxylic acid groups (broad SMARTS) is 1. The van der Waals surface area contributed by atoms with Crippen LogP contribution in [-0.4, -0.2) is 30.2 Å². The van der Waals surface area contributed by atoms with Crippen LogP contribution in [0.3, 0.4) is 0 Å². The molecule has 0 radical (unpaired) electrons. The summed E-state index contributed by atoms with van der Waals surface area (Å²) < 4.78 is 22.5. The van der Waals surface area contributed by atoms with E-state index in [-0.39, 0.29) is 5.56 Å². The van der Waals surface area contributed by atoms with Crippen molar-refractivity contribution >= 4 is 21.6 Å². The fourth-order valence-electron chi connectivity index (χ4n) is 1.63. The van der Waals surface area contributed by atoms with Crippen LogP contribution in [0.1, 0.15) is 31.1 Å². The second kappa shape index (κ2) is 5.13. The molecule has 0 aliphatic heterocycles. The zero-order chi connectivity index (χ0) is 14.8. The van der Waals surface area contributed by atoms with E-state index < -0.39 is 31.6 Å². The number of carboxylic acids is 1. The van der Waals surface area contributed by atoms with E-state index in [1.165, 1.54) is 26.0 Å². The number of hydrogen-bond acceptors (Lipinski definition) is 5. The summed E-state index contributed by atoms with van der Waals surface area (Å²) in [5.74, 6) is -2.35. The van der Waals surface area contributed by atoms with Gasteiger partial charge < -0.3 is 9.90 Å². The molecule has 6 heteroatoms. The smallest absolute Gasteiger partial charge is 0.183 e. The highest BCUT2D eigenvalue weighted by Gasteiger charge is 2.45. The largest absolute Gasteiger partial charge is 0.549 e. The molecule has 0 fully saturated rings. The van der Waals surface area contributed by atoms with Crippen molar-refractivity contribution in [2.24, 2.45) is 0 Å². The molecule has 0 saturated heterocycles. The molecular formula is C13H15O5S-. The normalized spacial score (nSPS) is 13.8. The molecule has 1 aromatic rings. The van der Waals surface area contributed by atoms with Gasteiger partial charge in [-0.15, -0.1) is 0 Å². The van der Waals surface area contributed by atoms with Crippen LogP contribution >= 0.6 is 0 Å². The van der Waals surface area contributed by atoms with Gasteiger partial charge in [-0.1, -0.05) is 30.3 Å². The first-order chi connectivity index (χ1) is 8.62. The minimum Gasteiger partial charge on any atom is -0.549 e. The van der Waals surface area contributed by atoms with Crippen molar-refractivity contribution in [2.75, 3.05) is 0 Å². The van der Waals surface area contributed by atoms with Crippen molar-refractivity contribution in [1.29, 1.82) is 0 Å². The van der Waals surface area contributed by atoms with Gasteiger partial charge in [-0.25, -0.2) is 8.42 Å². The van der Waals surface area contributed by atoms with Gasteiger partial charge >= 0.3 is 0 Å². The number of carbonyl (C=O) groups excluding carboxylic acids is 2. The van der Waals surface area contributed by atoms with Gasteiger partial charge in [-0.3, -0.25) is 4.79 Å². The fraction of sp³-hybridized carbons (Fsp3) is 0.385. The van der Waals surface area contributed by atoms with Gasteiger partial charge in [-0.2, -0.15) is 0 Å². The molecule has 19 heavy (non-hydrogen) atoms. The summed E-state index contributed by atoms with van der Waals surface area (Å²) in [4.78, 5) is 23.0. The van der Waals surface area contributed by atoms with Crippen molar-refractivity contribution in [1.82, 2.24) is 0 Å². The van der Waals surface area contributed by atoms with Crippen LogP contribution in [-0.2, 0) is 14.6 Å². The first kappa shape index (κ1) is 15.4. The summed E-state index contributed by atoms with van der Waals surface area (Å²) >= 11 is 0. The van der Waals surface area contributed by atoms with Gasteiger partial charge in [0.2, 0.25) is 0 Å². The zero-order valence-corrected chi connectivity index (χ0v) is 11.7. The lowest BCUT2D eigenvalue weighted by molar-refractivity contribution is -0.304. The number of hydrogen-bond donors (Lipinski definition) is 0. The van der Waals surface area contributed by atoms with E-state index in [0.29, 0.717) is 0 Å². The highest BCUT2D eigenvalue weighted by Crippen LogP contribution is 2.26. The minimum absolute atomic E-state index is 0.224. The third-order valence-corrected chi connectivity index (χ3v) is 5.82. The standard InChI is InChI=1S/C13H16O5S/c1-9(12(15)16)19(17,18)13(2,3)11(14)10-7-5-4-6-8-10/h4-9H,1-3H3,(H,15,16)/p-1. The van der Waals surface area contributed by atoms with Crippen molar-refractivity contribution in [3.8, 4) is 0 Å². The molecule has 0 heterocycles. The lowest BCUT2D eigenvalue weighted by Crippen LogP contribution is -2.50. The maximum Gasteiger partial charge on any atom is 0.183 e. The second-order valence-electron chi connectivity index (χ2n) is 4.71. The first-order valence-electron chi connectivity index (χ1n) is 5.66. The molecule has 1 rings (SSSR count). The number of rotatable bonds is 5. The van der Waals surface area contributed by atoms with Crippen LogP contribution in [0, 0.1) is 0 Å². The van der Waals surface area contributed by atoms with E-state index in [2.05, 4.69) is 0 Å². The Morgan fingerprint density at radius 3 is 2.05 bits per heavy atom. The van der Waals surface area contributed by atoms with Crippen LogP contribution in [0.15, 0.2) is 30.3 Å². The topological polar surface area (TPSA) is 91.3 Å². The number of ketones is 1. The van der Waals surface area contributed by atoms with E-state index in [1.807, 2.05) is 0 Å². The summed E-state index contributed by atoms with van der Waals surface area (Å²) in [6, 6.07) is 7.89. The highest BCUT2D eigenvalue weighted by molar-refractivity contribution is 7.94. The summed E-state index contributed by atoms with van der Waals surface area (Å²) in [5.41, 5.74) is 0.224. The quantitative estimate of drug-likeness (QED) is 0.720. The molecule has 1 aromatic carbocycles. The SMILES string of the molecule is CC(C(=O)[O-])S(=O)(=O)C(C)(C)C(=O)c1ccccc1. The summed E-state index contributed by atoms with van der Waals surface area (Å²) in [7, 11) is -4.20. The van der Waals surface area contributed by atoms with Crippen molar-refractivity contribution < 1.29 is 23.1 Å². The van der Waals surface area contributed by atoms with E-state index in [4.69, 9.17) is 0 Å². The molecule has 1 unspecified atom stereocenters. The van der Waals surface area contributed by atoms with Crippen LogP contribution in [0.5, 0.6) is 0 Å². The van der Waals surface area contributed by atoms with Gasteiger partial charge in [0.1, 0.15) is 4.75 Å². The lowest BCUT2D eigenvalue weighted by Gasteiger charge is -2.27. The molecule has 0 N–H and O–H groups in total. The van der Waals surface area contributed by atoms with Gasteiger partial charge in [-0.05, 0) is 20.8 Å². The maximum atomic E-state index is 12.2. The van der Waals surface area contributed by atoms with Crippen molar-refractivity contribution in [3.05, 3.63) is 35.9 Å². The number of Topliss-reactive ketones (excluding diaryl/α,β-unsaturated/α-hetero) is 1. The number of carbonyl (C=O) groups is 2. The fourth-order valence-corrected chi connectivity index (χ4v) is 3.15. The number of aliphatic carboxylic acids is 1. The molecule has 0 aromatic heterocycles. The summed E-state index contributed by atoms with van der Waals surface area (Å²) in [6.45, 7) is 3.42. The average Bonchev–Trinajstić information content (AvgIpc) is 2.37. The molecule has 0 aliphatic carbocycles. The minimum atomic E-state index is -4.20. The van der Waals surface area contributed by atoms with Crippen LogP contribution < -0.4 is 5.11 Å². The van der Waals surface area contributed by atoms with E-state index in [0.717, 1.165) is 6.92 Å². The van der Waals surface area contributed by atoms with Crippen molar-refractivity contribution in [2.45, 2.75) is 30.8 Å². The predicted molar refractivity (Wildman–Crippen MR) is 68.2 cm³/mol. The number of sulfone groups is 1. The third kappa shape index (κ3) is 2.68. The van der Waals surface area contributed by atoms with Gasteiger partial charge in [0, 0.05) is 5.56 Å². The van der Waals surface area contributed by atoms with Gasteiger partial charge in [0.25, 0.3) is 0 Å². The second-order valence-corrected chi connectivity index (χ2v) is 7.53. The van der Waals surface area contributed by atoms with Gasteiger partial charge in [0.05, 0.1) is 11.2 Å². The Balaban J connectivity index is 3.25. The van der Waals surface area contributed by atoms with E-state index in [1.54, 1.807) is 18.2 Å². The van der Waals surface area contributed by atoms with E-state index in [9.17, 15) is 23.1 Å². The number of benzene rings is 1. The predicted octanol–water partition coefficient (Wildman–Crippen LogP) is 0.201. The maximum absolute atomic E-state index is 12.2. The first-order valence-corrected chi connectivity index (χ1v) is 7.21. The molecule has 0 amide bonds. The molecule has 1 atom stereocenters. The molecule has 0 spiro atoms. The Morgan fingerprint density at radius 1 is 1.16 bits per heavy atom. The lowest BCUT2D eigenvalue weighted by atomic mass is 10.0. The molecule has 104 valence electrons. The molecule has 5 nitrogen and oxygen atoms in total. The highest BCUT2D eigenvalue weighted by atomic mass is 32.2. The Bertz CT molecular complexity index is 587. The van der Waals surface area contributed by atoms with Crippen LogP contribution in [0.25, 0.3) is 0 Å². The molecule has 0 aliphatic rings. The van der Waals surface area contributed by atoms with Crippen molar-refractivity contribution in [3.63, 3.8) is 0 Å². The Hall–Kier alpha value is -1.69. The summed E-state index contributed by atoms with van der Waals surface area (Å²) in [6.07, 6.45) is 0. The third-order valence-electron chi connectivity index (χ3n) is 3.09. The Labute approximate surface area is 112 Å². The zero-order valence-electron chi connectivity index (χ0n) is 10.9.